The molecule has 0 radical (unpaired) electrons. The third kappa shape index (κ3) is 3.04. The van der Waals surface area contributed by atoms with Crippen molar-refractivity contribution in [1.82, 2.24) is 0 Å². The number of primary amides is 1. The predicted molar refractivity (Wildman–Crippen MR) is 83.3 cm³/mol. The maximum Gasteiger partial charge on any atom is 0.243 e. The molecule has 3 unspecified atom stereocenters. The summed E-state index contributed by atoms with van der Waals surface area (Å²) in [6, 6.07) is 6.46. The molecule has 116 valence electrons. The number of hydrogen-bond donors (Lipinski definition) is 2. The van der Waals surface area contributed by atoms with Crippen LogP contribution in [0.1, 0.15) is 40.0 Å². The fourth-order valence-corrected chi connectivity index (χ4v) is 3.71. The second kappa shape index (κ2) is 6.04. The van der Waals surface area contributed by atoms with Crippen molar-refractivity contribution in [2.45, 2.75) is 45.6 Å². The molecule has 0 aliphatic heterocycles. The van der Waals surface area contributed by atoms with Gasteiger partial charge in [-0.2, -0.15) is 0 Å². The SMILES string of the molecule is CC1CCC(C(C)C)C(Nc2ccccc2F)(C(N)=O)C1. The van der Waals surface area contributed by atoms with Crippen molar-refractivity contribution in [3.8, 4) is 0 Å². The molecule has 1 fully saturated rings. The summed E-state index contributed by atoms with van der Waals surface area (Å²) in [6.45, 7) is 6.32. The number of hydrogen-bond acceptors (Lipinski definition) is 2. The van der Waals surface area contributed by atoms with Crippen LogP contribution >= 0.6 is 0 Å². The predicted octanol–water partition coefficient (Wildman–Crippen LogP) is 3.55. The fourth-order valence-electron chi connectivity index (χ4n) is 3.71. The molecular weight excluding hydrogens is 267 g/mol. The maximum atomic E-state index is 14.0. The first-order valence-electron chi connectivity index (χ1n) is 7.69. The zero-order valence-electron chi connectivity index (χ0n) is 13.0. The zero-order chi connectivity index (χ0) is 15.6. The van der Waals surface area contributed by atoms with Gasteiger partial charge in [0.1, 0.15) is 11.4 Å². The highest BCUT2D eigenvalue weighted by atomic mass is 19.1. The summed E-state index contributed by atoms with van der Waals surface area (Å²) in [5.41, 5.74) is 5.26. The van der Waals surface area contributed by atoms with Crippen LogP contribution in [0.2, 0.25) is 0 Å². The molecular formula is C17H25FN2O. The van der Waals surface area contributed by atoms with E-state index in [1.807, 2.05) is 0 Å². The van der Waals surface area contributed by atoms with E-state index in [-0.39, 0.29) is 17.6 Å². The minimum atomic E-state index is -0.867. The van der Waals surface area contributed by atoms with Gasteiger partial charge in [0.05, 0.1) is 5.69 Å². The van der Waals surface area contributed by atoms with Crippen molar-refractivity contribution in [2.75, 3.05) is 5.32 Å². The van der Waals surface area contributed by atoms with E-state index in [4.69, 9.17) is 5.73 Å². The minimum Gasteiger partial charge on any atom is -0.369 e. The van der Waals surface area contributed by atoms with Crippen LogP contribution in [-0.2, 0) is 4.79 Å². The second-order valence-corrected chi connectivity index (χ2v) is 6.68. The van der Waals surface area contributed by atoms with Crippen molar-refractivity contribution in [3.05, 3.63) is 30.1 Å². The molecule has 1 aliphatic carbocycles. The third-order valence-electron chi connectivity index (χ3n) is 4.75. The summed E-state index contributed by atoms with van der Waals surface area (Å²) < 4.78 is 14.0. The van der Waals surface area contributed by atoms with Crippen LogP contribution in [0.4, 0.5) is 10.1 Å². The van der Waals surface area contributed by atoms with Gasteiger partial charge in [-0.05, 0) is 42.7 Å². The van der Waals surface area contributed by atoms with E-state index in [0.717, 1.165) is 12.8 Å². The third-order valence-corrected chi connectivity index (χ3v) is 4.75. The van der Waals surface area contributed by atoms with Gasteiger partial charge in [-0.1, -0.05) is 39.3 Å². The van der Waals surface area contributed by atoms with Gasteiger partial charge in [-0.3, -0.25) is 4.79 Å². The standard InChI is InChI=1S/C17H25FN2O/c1-11(2)13-9-8-12(3)10-17(13,16(19)21)20-15-7-5-4-6-14(15)18/h4-7,11-13,20H,8-10H2,1-3H3,(H2,19,21). The average Bonchev–Trinajstić information content (AvgIpc) is 2.41. The fraction of sp³-hybridized carbons (Fsp3) is 0.588. The van der Waals surface area contributed by atoms with Gasteiger partial charge in [0.25, 0.3) is 0 Å². The molecule has 1 aliphatic rings. The van der Waals surface area contributed by atoms with E-state index < -0.39 is 5.54 Å². The molecule has 1 amide bonds. The highest BCUT2D eigenvalue weighted by Gasteiger charge is 2.49. The Kier molecular flexibility index (Phi) is 4.55. The number of anilines is 1. The number of nitrogens with two attached hydrogens (primary N) is 1. The topological polar surface area (TPSA) is 55.1 Å². The lowest BCUT2D eigenvalue weighted by Gasteiger charge is -2.47. The van der Waals surface area contributed by atoms with Crippen LogP contribution in [-0.4, -0.2) is 11.4 Å². The molecule has 1 aromatic rings. The average molecular weight is 292 g/mol. The van der Waals surface area contributed by atoms with Crippen molar-refractivity contribution < 1.29 is 9.18 Å². The van der Waals surface area contributed by atoms with Gasteiger partial charge in [0.15, 0.2) is 0 Å². The van der Waals surface area contributed by atoms with Gasteiger partial charge in [0.2, 0.25) is 5.91 Å². The first-order chi connectivity index (χ1) is 9.86. The molecule has 1 aromatic carbocycles. The number of para-hydroxylation sites is 1. The summed E-state index contributed by atoms with van der Waals surface area (Å²) in [5.74, 6) is 0.0942. The Morgan fingerprint density at radius 2 is 2.05 bits per heavy atom. The molecule has 1 saturated carbocycles. The summed E-state index contributed by atoms with van der Waals surface area (Å²) in [7, 11) is 0. The van der Waals surface area contributed by atoms with E-state index in [1.165, 1.54) is 6.07 Å². The Hall–Kier alpha value is -1.58. The van der Waals surface area contributed by atoms with Gasteiger partial charge >= 0.3 is 0 Å². The largest absolute Gasteiger partial charge is 0.369 e. The monoisotopic (exact) mass is 292 g/mol. The summed E-state index contributed by atoms with van der Waals surface area (Å²) >= 11 is 0. The molecule has 2 rings (SSSR count). The van der Waals surface area contributed by atoms with Crippen molar-refractivity contribution >= 4 is 11.6 Å². The molecule has 3 N–H and O–H groups in total. The molecule has 3 atom stereocenters. The van der Waals surface area contributed by atoms with Gasteiger partial charge in [-0.25, -0.2) is 4.39 Å². The van der Waals surface area contributed by atoms with Gasteiger partial charge < -0.3 is 11.1 Å². The smallest absolute Gasteiger partial charge is 0.243 e. The molecule has 3 nitrogen and oxygen atoms in total. The lowest BCUT2D eigenvalue weighted by molar-refractivity contribution is -0.126. The maximum absolute atomic E-state index is 14.0. The Bertz CT molecular complexity index is 517. The zero-order valence-corrected chi connectivity index (χ0v) is 13.0. The first-order valence-corrected chi connectivity index (χ1v) is 7.69. The summed E-state index contributed by atoms with van der Waals surface area (Å²) in [4.78, 5) is 12.3. The van der Waals surface area contributed by atoms with Crippen molar-refractivity contribution in [2.24, 2.45) is 23.5 Å². The highest BCUT2D eigenvalue weighted by molar-refractivity contribution is 5.88. The van der Waals surface area contributed by atoms with E-state index >= 15 is 0 Å². The molecule has 0 bridgehead atoms. The van der Waals surface area contributed by atoms with E-state index in [1.54, 1.807) is 18.2 Å². The van der Waals surface area contributed by atoms with E-state index in [2.05, 4.69) is 26.1 Å². The van der Waals surface area contributed by atoms with Crippen LogP contribution in [0, 0.1) is 23.6 Å². The summed E-state index contributed by atoms with van der Waals surface area (Å²) in [5, 5.41) is 3.17. The number of benzene rings is 1. The van der Waals surface area contributed by atoms with Crippen LogP contribution in [0.15, 0.2) is 24.3 Å². The minimum absolute atomic E-state index is 0.116. The molecule has 0 spiro atoms. The van der Waals surface area contributed by atoms with E-state index in [9.17, 15) is 9.18 Å². The Morgan fingerprint density at radius 3 is 2.62 bits per heavy atom. The first kappa shape index (κ1) is 15.8. The van der Waals surface area contributed by atoms with Gasteiger partial charge in [0, 0.05) is 0 Å². The molecule has 0 aromatic heterocycles. The highest BCUT2D eigenvalue weighted by Crippen LogP contribution is 2.43. The van der Waals surface area contributed by atoms with Crippen LogP contribution < -0.4 is 11.1 Å². The number of halogens is 1. The van der Waals surface area contributed by atoms with Crippen LogP contribution in [0.5, 0.6) is 0 Å². The van der Waals surface area contributed by atoms with Crippen molar-refractivity contribution in [1.29, 1.82) is 0 Å². The number of carbonyl (C=O) groups is 1. The molecule has 0 saturated heterocycles. The lowest BCUT2D eigenvalue weighted by atomic mass is 9.64. The Balaban J connectivity index is 2.42. The number of rotatable bonds is 4. The van der Waals surface area contributed by atoms with Crippen LogP contribution in [0.3, 0.4) is 0 Å². The van der Waals surface area contributed by atoms with Crippen LogP contribution in [0.25, 0.3) is 0 Å². The lowest BCUT2D eigenvalue weighted by Crippen LogP contribution is -2.60. The molecule has 21 heavy (non-hydrogen) atoms. The number of amides is 1. The molecule has 0 heterocycles. The quantitative estimate of drug-likeness (QED) is 0.891. The number of carbonyl (C=O) groups excluding carboxylic acids is 1. The van der Waals surface area contributed by atoms with E-state index in [0.29, 0.717) is 23.9 Å². The normalized spacial score (nSPS) is 29.4. The van der Waals surface area contributed by atoms with Gasteiger partial charge in [-0.15, -0.1) is 0 Å². The molecule has 4 heteroatoms. The second-order valence-electron chi connectivity index (χ2n) is 6.68. The number of nitrogens with one attached hydrogen (secondary N) is 1. The Morgan fingerprint density at radius 1 is 1.38 bits per heavy atom. The Labute approximate surface area is 126 Å². The summed E-state index contributed by atoms with van der Waals surface area (Å²) in [6.07, 6.45) is 2.67. The van der Waals surface area contributed by atoms with Crippen molar-refractivity contribution in [3.63, 3.8) is 0 Å².